The van der Waals surface area contributed by atoms with Crippen LogP contribution in [0.1, 0.15) is 40.0 Å². The summed E-state index contributed by atoms with van der Waals surface area (Å²) in [5.74, 6) is 0. The van der Waals surface area contributed by atoms with Crippen molar-refractivity contribution in [3.63, 3.8) is 0 Å². The predicted molar refractivity (Wildman–Crippen MR) is 53.9 cm³/mol. The molecule has 1 aliphatic carbocycles. The molecule has 0 aromatic carbocycles. The lowest BCUT2D eigenvalue weighted by Gasteiger charge is -2.57. The number of ether oxygens (including phenoxy) is 1. The first kappa shape index (κ1) is 9.47. The molecule has 76 valence electrons. The summed E-state index contributed by atoms with van der Waals surface area (Å²) >= 11 is 0. The highest BCUT2D eigenvalue weighted by Gasteiger charge is 2.48. The van der Waals surface area contributed by atoms with Gasteiger partial charge in [0.25, 0.3) is 0 Å². The van der Waals surface area contributed by atoms with Crippen LogP contribution < -0.4 is 0 Å². The molecule has 1 spiro atoms. The molecule has 0 atom stereocenters. The van der Waals surface area contributed by atoms with Gasteiger partial charge in [-0.2, -0.15) is 0 Å². The summed E-state index contributed by atoms with van der Waals surface area (Å²) in [5, 5.41) is 0. The molecule has 1 heterocycles. The Hall–Kier alpha value is -0.0800. The fourth-order valence-corrected chi connectivity index (χ4v) is 2.78. The Morgan fingerprint density at radius 1 is 1.23 bits per heavy atom. The van der Waals surface area contributed by atoms with Crippen molar-refractivity contribution in [3.05, 3.63) is 0 Å². The molecule has 2 heteroatoms. The predicted octanol–water partition coefficient (Wildman–Crippen LogP) is 2.04. The summed E-state index contributed by atoms with van der Waals surface area (Å²) in [6.07, 6.45) is 4.06. The summed E-state index contributed by atoms with van der Waals surface area (Å²) in [6, 6.07) is 0. The maximum absolute atomic E-state index is 5.61. The van der Waals surface area contributed by atoms with Crippen molar-refractivity contribution in [3.8, 4) is 0 Å². The van der Waals surface area contributed by atoms with E-state index in [0.29, 0.717) is 11.1 Å². The van der Waals surface area contributed by atoms with E-state index in [-0.39, 0.29) is 0 Å². The van der Waals surface area contributed by atoms with Crippen molar-refractivity contribution < 1.29 is 4.74 Å². The van der Waals surface area contributed by atoms with Gasteiger partial charge in [-0.3, -0.25) is 4.90 Å². The molecule has 13 heavy (non-hydrogen) atoms. The quantitative estimate of drug-likeness (QED) is 0.570. The smallest absolute Gasteiger partial charge is 0.0651 e. The van der Waals surface area contributed by atoms with Crippen molar-refractivity contribution in [2.75, 3.05) is 19.8 Å². The van der Waals surface area contributed by atoms with Crippen LogP contribution in [0.15, 0.2) is 0 Å². The molecule has 2 nitrogen and oxygen atoms in total. The van der Waals surface area contributed by atoms with Crippen LogP contribution in [0.4, 0.5) is 0 Å². The molecule has 0 aromatic rings. The van der Waals surface area contributed by atoms with E-state index in [0.717, 1.165) is 19.8 Å². The van der Waals surface area contributed by atoms with E-state index in [1.807, 2.05) is 0 Å². The summed E-state index contributed by atoms with van der Waals surface area (Å²) < 4.78 is 5.61. The summed E-state index contributed by atoms with van der Waals surface area (Å²) in [5.41, 5.74) is 0.723. The fraction of sp³-hybridized carbons (Fsp3) is 1.00. The Kier molecular flexibility index (Phi) is 2.16. The molecule has 0 unspecified atom stereocenters. The maximum atomic E-state index is 5.61. The van der Waals surface area contributed by atoms with Crippen molar-refractivity contribution in [2.45, 2.75) is 51.1 Å². The lowest BCUT2D eigenvalue weighted by atomic mass is 9.73. The standard InChI is InChI=1S/C11H21NO/c1-10(2,3)12-7-8-13-9-11(12)5-4-6-11/h4-9H2,1-3H3. The molecule has 0 aromatic heterocycles. The molecule has 2 aliphatic rings. The summed E-state index contributed by atoms with van der Waals surface area (Å²) in [6.45, 7) is 9.95. The Balaban J connectivity index is 2.14. The third-order valence-corrected chi connectivity index (χ3v) is 3.50. The molecule has 0 N–H and O–H groups in total. The zero-order valence-electron chi connectivity index (χ0n) is 9.10. The molecule has 1 saturated heterocycles. The number of nitrogens with zero attached hydrogens (tertiary/aromatic N) is 1. The van der Waals surface area contributed by atoms with E-state index in [2.05, 4.69) is 25.7 Å². The molecule has 0 bridgehead atoms. The van der Waals surface area contributed by atoms with E-state index < -0.39 is 0 Å². The van der Waals surface area contributed by atoms with Gasteiger partial charge < -0.3 is 4.74 Å². The topological polar surface area (TPSA) is 12.5 Å². The van der Waals surface area contributed by atoms with E-state index in [1.54, 1.807) is 0 Å². The van der Waals surface area contributed by atoms with Gasteiger partial charge in [-0.1, -0.05) is 0 Å². The van der Waals surface area contributed by atoms with E-state index in [9.17, 15) is 0 Å². The lowest BCUT2D eigenvalue weighted by molar-refractivity contribution is -0.141. The van der Waals surface area contributed by atoms with Crippen LogP contribution in [0.5, 0.6) is 0 Å². The minimum atomic E-state index is 0.310. The Bertz CT molecular complexity index is 191. The maximum Gasteiger partial charge on any atom is 0.0651 e. The van der Waals surface area contributed by atoms with Gasteiger partial charge in [0, 0.05) is 17.6 Å². The molecule has 0 radical (unpaired) electrons. The second-order valence-electron chi connectivity index (χ2n) is 5.45. The van der Waals surface area contributed by atoms with Crippen molar-refractivity contribution in [1.82, 2.24) is 4.90 Å². The van der Waals surface area contributed by atoms with Crippen LogP contribution in [0, 0.1) is 0 Å². The molecule has 2 fully saturated rings. The zero-order chi connectivity index (χ0) is 9.53. The molecular formula is C11H21NO. The third-order valence-electron chi connectivity index (χ3n) is 3.50. The average Bonchev–Trinajstić information content (AvgIpc) is 2.00. The van der Waals surface area contributed by atoms with E-state index in [4.69, 9.17) is 4.74 Å². The molecule has 1 saturated carbocycles. The van der Waals surface area contributed by atoms with Gasteiger partial charge in [0.2, 0.25) is 0 Å². The first-order valence-corrected chi connectivity index (χ1v) is 5.40. The van der Waals surface area contributed by atoms with E-state index in [1.165, 1.54) is 19.3 Å². The van der Waals surface area contributed by atoms with Crippen LogP contribution in [0.25, 0.3) is 0 Å². The minimum Gasteiger partial charge on any atom is -0.378 e. The minimum absolute atomic E-state index is 0.310. The third kappa shape index (κ3) is 1.50. The number of hydrogen-bond acceptors (Lipinski definition) is 2. The molecule has 0 amide bonds. The highest BCUT2D eigenvalue weighted by atomic mass is 16.5. The van der Waals surface area contributed by atoms with Gasteiger partial charge in [0.05, 0.1) is 13.2 Å². The van der Waals surface area contributed by atoms with Gasteiger partial charge in [-0.15, -0.1) is 0 Å². The van der Waals surface area contributed by atoms with Gasteiger partial charge in [-0.25, -0.2) is 0 Å². The van der Waals surface area contributed by atoms with Crippen LogP contribution in [0.2, 0.25) is 0 Å². The highest BCUT2D eigenvalue weighted by molar-refractivity contribution is 5.03. The normalized spacial score (nSPS) is 28.8. The number of hydrogen-bond donors (Lipinski definition) is 0. The van der Waals surface area contributed by atoms with Gasteiger partial charge in [0.1, 0.15) is 0 Å². The fourth-order valence-electron chi connectivity index (χ4n) is 2.78. The van der Waals surface area contributed by atoms with Gasteiger partial charge in [0.15, 0.2) is 0 Å². The Labute approximate surface area is 81.3 Å². The Morgan fingerprint density at radius 3 is 2.31 bits per heavy atom. The summed E-state index contributed by atoms with van der Waals surface area (Å²) in [7, 11) is 0. The average molecular weight is 183 g/mol. The first-order valence-electron chi connectivity index (χ1n) is 5.40. The number of rotatable bonds is 0. The zero-order valence-corrected chi connectivity index (χ0v) is 9.10. The molecule has 1 aliphatic heterocycles. The second kappa shape index (κ2) is 2.96. The number of morpholine rings is 1. The largest absolute Gasteiger partial charge is 0.378 e. The van der Waals surface area contributed by atoms with Gasteiger partial charge in [-0.05, 0) is 40.0 Å². The Morgan fingerprint density at radius 2 is 1.92 bits per heavy atom. The van der Waals surface area contributed by atoms with Crippen molar-refractivity contribution in [2.24, 2.45) is 0 Å². The van der Waals surface area contributed by atoms with Crippen LogP contribution in [0.3, 0.4) is 0 Å². The van der Waals surface area contributed by atoms with Crippen molar-refractivity contribution >= 4 is 0 Å². The lowest BCUT2D eigenvalue weighted by Crippen LogP contribution is -2.66. The second-order valence-corrected chi connectivity index (χ2v) is 5.45. The molecular weight excluding hydrogens is 162 g/mol. The SMILES string of the molecule is CC(C)(C)N1CCOCC12CCC2. The van der Waals surface area contributed by atoms with Crippen LogP contribution in [-0.4, -0.2) is 35.7 Å². The van der Waals surface area contributed by atoms with Crippen LogP contribution >= 0.6 is 0 Å². The van der Waals surface area contributed by atoms with Crippen LogP contribution in [-0.2, 0) is 4.74 Å². The van der Waals surface area contributed by atoms with Gasteiger partial charge >= 0.3 is 0 Å². The molecule has 2 rings (SSSR count). The summed E-state index contributed by atoms with van der Waals surface area (Å²) in [4.78, 5) is 2.66. The van der Waals surface area contributed by atoms with Crippen molar-refractivity contribution in [1.29, 1.82) is 0 Å². The first-order chi connectivity index (χ1) is 6.05. The van der Waals surface area contributed by atoms with E-state index >= 15 is 0 Å². The highest BCUT2D eigenvalue weighted by Crippen LogP contribution is 2.42. The monoisotopic (exact) mass is 183 g/mol.